The van der Waals surface area contributed by atoms with Crippen LogP contribution < -0.4 is 5.32 Å². The summed E-state index contributed by atoms with van der Waals surface area (Å²) in [6.07, 6.45) is 2.51. The van der Waals surface area contributed by atoms with Gasteiger partial charge in [0.2, 0.25) is 0 Å². The summed E-state index contributed by atoms with van der Waals surface area (Å²) >= 11 is 1.47. The lowest BCUT2D eigenvalue weighted by Gasteiger charge is -2.10. The maximum absolute atomic E-state index is 10.9. The summed E-state index contributed by atoms with van der Waals surface area (Å²) in [4.78, 5) is 12.0. The highest BCUT2D eigenvalue weighted by Gasteiger charge is 2.08. The first-order valence-corrected chi connectivity index (χ1v) is 6.10. The van der Waals surface area contributed by atoms with Gasteiger partial charge in [0.25, 0.3) is 0 Å². The summed E-state index contributed by atoms with van der Waals surface area (Å²) in [7, 11) is 0. The SMILES string of the molecule is O=CC(NCc1ccco1)Sc1cc[c]cc1. The molecule has 87 valence electrons. The maximum Gasteiger partial charge on any atom is 0.147 e. The minimum absolute atomic E-state index is 0.275. The molecule has 1 aromatic heterocycles. The molecule has 0 aliphatic heterocycles. The van der Waals surface area contributed by atoms with Crippen LogP contribution in [0.5, 0.6) is 0 Å². The third kappa shape index (κ3) is 3.76. The first-order chi connectivity index (χ1) is 8.38. The number of benzene rings is 1. The molecule has 1 unspecified atom stereocenters. The molecule has 0 saturated carbocycles. The van der Waals surface area contributed by atoms with Crippen molar-refractivity contribution in [2.45, 2.75) is 16.8 Å². The fourth-order valence-electron chi connectivity index (χ4n) is 1.33. The van der Waals surface area contributed by atoms with Gasteiger partial charge in [-0.15, -0.1) is 0 Å². The monoisotopic (exact) mass is 246 g/mol. The van der Waals surface area contributed by atoms with Gasteiger partial charge >= 0.3 is 0 Å². The molecule has 0 amide bonds. The molecule has 4 heteroatoms. The zero-order valence-electron chi connectivity index (χ0n) is 9.13. The minimum Gasteiger partial charge on any atom is -0.468 e. The molecule has 0 spiro atoms. The maximum atomic E-state index is 10.9. The molecule has 3 nitrogen and oxygen atoms in total. The molecule has 1 atom stereocenters. The zero-order valence-corrected chi connectivity index (χ0v) is 9.94. The average Bonchev–Trinajstić information content (AvgIpc) is 2.89. The molecule has 0 bridgehead atoms. The number of carbonyl (C=O) groups is 1. The van der Waals surface area contributed by atoms with Crippen LogP contribution in [0.4, 0.5) is 0 Å². The Morgan fingerprint density at radius 1 is 1.41 bits per heavy atom. The number of furan rings is 1. The van der Waals surface area contributed by atoms with E-state index in [1.165, 1.54) is 11.8 Å². The van der Waals surface area contributed by atoms with E-state index in [0.29, 0.717) is 6.54 Å². The number of hydrogen-bond donors (Lipinski definition) is 1. The topological polar surface area (TPSA) is 42.2 Å². The van der Waals surface area contributed by atoms with Crippen LogP contribution in [-0.2, 0) is 11.3 Å². The van der Waals surface area contributed by atoms with E-state index < -0.39 is 0 Å². The minimum atomic E-state index is -0.275. The van der Waals surface area contributed by atoms with E-state index in [-0.39, 0.29) is 5.37 Å². The van der Waals surface area contributed by atoms with Crippen molar-refractivity contribution in [3.63, 3.8) is 0 Å². The number of nitrogens with one attached hydrogen (secondary N) is 1. The second kappa shape index (κ2) is 6.27. The first kappa shape index (κ1) is 12.0. The van der Waals surface area contributed by atoms with Crippen molar-refractivity contribution in [2.24, 2.45) is 0 Å². The lowest BCUT2D eigenvalue weighted by atomic mass is 10.4. The third-order valence-corrected chi connectivity index (χ3v) is 3.21. The van der Waals surface area contributed by atoms with E-state index in [0.717, 1.165) is 16.9 Å². The lowest BCUT2D eigenvalue weighted by molar-refractivity contribution is -0.107. The summed E-state index contributed by atoms with van der Waals surface area (Å²) in [5.41, 5.74) is 0. The van der Waals surface area contributed by atoms with Gasteiger partial charge in [0.05, 0.1) is 12.8 Å². The number of carbonyl (C=O) groups excluding carboxylic acids is 1. The first-order valence-electron chi connectivity index (χ1n) is 5.22. The van der Waals surface area contributed by atoms with Crippen molar-refractivity contribution in [3.05, 3.63) is 54.5 Å². The van der Waals surface area contributed by atoms with E-state index >= 15 is 0 Å². The fourth-order valence-corrected chi connectivity index (χ4v) is 2.14. The Morgan fingerprint density at radius 2 is 2.24 bits per heavy atom. The lowest BCUT2D eigenvalue weighted by Crippen LogP contribution is -2.26. The molecule has 2 rings (SSSR count). The van der Waals surface area contributed by atoms with E-state index in [9.17, 15) is 4.79 Å². The third-order valence-electron chi connectivity index (χ3n) is 2.13. The van der Waals surface area contributed by atoms with Gasteiger partial charge in [-0.05, 0) is 30.3 Å². The van der Waals surface area contributed by atoms with Crippen molar-refractivity contribution in [1.82, 2.24) is 5.32 Å². The van der Waals surface area contributed by atoms with E-state index in [1.54, 1.807) is 6.26 Å². The molecule has 1 heterocycles. The van der Waals surface area contributed by atoms with Crippen LogP contribution in [0.1, 0.15) is 5.76 Å². The Bertz CT molecular complexity index is 442. The van der Waals surface area contributed by atoms with Gasteiger partial charge in [0, 0.05) is 4.90 Å². The molecule has 1 radical (unpaired) electrons. The summed E-state index contributed by atoms with van der Waals surface area (Å²) in [5, 5.41) is 2.84. The van der Waals surface area contributed by atoms with Crippen LogP contribution in [0.15, 0.2) is 52.0 Å². The predicted molar refractivity (Wildman–Crippen MR) is 66.5 cm³/mol. The fraction of sp³-hybridized carbons (Fsp3) is 0.154. The van der Waals surface area contributed by atoms with Gasteiger partial charge in [-0.1, -0.05) is 23.9 Å². The normalized spacial score (nSPS) is 12.2. The number of rotatable bonds is 6. The Hall–Kier alpha value is -1.52. The van der Waals surface area contributed by atoms with Crippen LogP contribution in [-0.4, -0.2) is 11.7 Å². The van der Waals surface area contributed by atoms with Crippen LogP contribution in [0.2, 0.25) is 0 Å². The highest BCUT2D eigenvalue weighted by atomic mass is 32.2. The van der Waals surface area contributed by atoms with Crippen molar-refractivity contribution >= 4 is 18.0 Å². The standard InChI is InChI=1S/C13H12NO2S/c15-10-13(14-9-11-5-4-8-16-11)17-12-6-2-1-3-7-12/h2-8,10,13-14H,9H2. The molecule has 1 N–H and O–H groups in total. The van der Waals surface area contributed by atoms with Crippen molar-refractivity contribution in [3.8, 4) is 0 Å². The number of thioether (sulfide) groups is 1. The Kier molecular flexibility index (Phi) is 4.41. The van der Waals surface area contributed by atoms with Gasteiger partial charge in [-0.2, -0.15) is 0 Å². The molecular formula is C13H12NO2S. The highest BCUT2D eigenvalue weighted by Crippen LogP contribution is 2.20. The van der Waals surface area contributed by atoms with Gasteiger partial charge in [0.15, 0.2) is 0 Å². The number of aldehydes is 1. The molecule has 17 heavy (non-hydrogen) atoms. The highest BCUT2D eigenvalue weighted by molar-refractivity contribution is 8.00. The summed E-state index contributed by atoms with van der Waals surface area (Å²) < 4.78 is 5.19. The Morgan fingerprint density at radius 3 is 2.88 bits per heavy atom. The largest absolute Gasteiger partial charge is 0.468 e. The Labute approximate surface area is 104 Å². The van der Waals surface area contributed by atoms with Gasteiger partial charge in [-0.25, -0.2) is 0 Å². The van der Waals surface area contributed by atoms with Crippen LogP contribution in [0.3, 0.4) is 0 Å². The molecule has 0 aliphatic carbocycles. The van der Waals surface area contributed by atoms with Crippen LogP contribution >= 0.6 is 11.8 Å². The van der Waals surface area contributed by atoms with Crippen molar-refractivity contribution in [1.29, 1.82) is 0 Å². The van der Waals surface area contributed by atoms with Gasteiger partial charge in [0.1, 0.15) is 17.4 Å². The predicted octanol–water partition coefficient (Wildman–Crippen LogP) is 2.49. The summed E-state index contributed by atoms with van der Waals surface area (Å²) in [6.45, 7) is 0.544. The van der Waals surface area contributed by atoms with Gasteiger partial charge in [-0.3, -0.25) is 5.32 Å². The molecule has 0 saturated heterocycles. The molecular weight excluding hydrogens is 234 g/mol. The smallest absolute Gasteiger partial charge is 0.147 e. The van der Waals surface area contributed by atoms with E-state index in [1.807, 2.05) is 36.4 Å². The second-order valence-electron chi connectivity index (χ2n) is 3.37. The number of hydrogen-bond acceptors (Lipinski definition) is 4. The summed E-state index contributed by atoms with van der Waals surface area (Å²) in [5.74, 6) is 0.818. The quantitative estimate of drug-likeness (QED) is 0.483. The molecule has 0 aliphatic rings. The van der Waals surface area contributed by atoms with Crippen molar-refractivity contribution in [2.75, 3.05) is 0 Å². The molecule has 2 aromatic rings. The van der Waals surface area contributed by atoms with Gasteiger partial charge < -0.3 is 9.21 Å². The van der Waals surface area contributed by atoms with Crippen LogP contribution in [0, 0.1) is 6.07 Å². The van der Waals surface area contributed by atoms with E-state index in [4.69, 9.17) is 4.42 Å². The van der Waals surface area contributed by atoms with Crippen LogP contribution in [0.25, 0.3) is 0 Å². The summed E-state index contributed by atoms with van der Waals surface area (Å²) in [6, 6.07) is 14.2. The average molecular weight is 246 g/mol. The zero-order chi connectivity index (χ0) is 11.9. The van der Waals surface area contributed by atoms with E-state index in [2.05, 4.69) is 11.4 Å². The second-order valence-corrected chi connectivity index (χ2v) is 4.59. The molecule has 0 fully saturated rings. The Balaban J connectivity index is 1.87. The molecule has 1 aromatic carbocycles. The van der Waals surface area contributed by atoms with Crippen molar-refractivity contribution < 1.29 is 9.21 Å².